The zero-order chi connectivity index (χ0) is 15.4. The van der Waals surface area contributed by atoms with Crippen LogP contribution in [0.5, 0.6) is 5.75 Å². The molecule has 0 bridgehead atoms. The molecule has 0 fully saturated rings. The third-order valence-electron chi connectivity index (χ3n) is 3.41. The topological polar surface area (TPSA) is 53.4 Å². The number of carbonyl (C=O) groups is 1. The Kier molecular flexibility index (Phi) is 4.75. The van der Waals surface area contributed by atoms with Gasteiger partial charge in [0.05, 0.1) is 23.4 Å². The molecule has 0 amide bonds. The first kappa shape index (κ1) is 15.3. The molecule has 0 aliphatic carbocycles. The van der Waals surface area contributed by atoms with Crippen molar-refractivity contribution in [3.8, 4) is 5.75 Å². The van der Waals surface area contributed by atoms with Crippen molar-refractivity contribution in [2.75, 3.05) is 20.3 Å². The Labute approximate surface area is 124 Å². The maximum absolute atomic E-state index is 12.8. The van der Waals surface area contributed by atoms with Crippen molar-refractivity contribution in [2.45, 2.75) is 13.8 Å². The summed E-state index contributed by atoms with van der Waals surface area (Å²) in [7, 11) is 3.45. The van der Waals surface area contributed by atoms with Crippen molar-refractivity contribution < 1.29 is 14.3 Å². The number of nitrogens with zero attached hydrogens (tertiary/aromatic N) is 2. The second-order valence-electron chi connectivity index (χ2n) is 4.84. The van der Waals surface area contributed by atoms with Gasteiger partial charge in [-0.2, -0.15) is 5.10 Å². The lowest BCUT2D eigenvalue weighted by Gasteiger charge is -2.10. The van der Waals surface area contributed by atoms with E-state index < -0.39 is 0 Å². The molecule has 0 unspecified atom stereocenters. The van der Waals surface area contributed by atoms with Gasteiger partial charge in [-0.15, -0.1) is 0 Å². The molecule has 0 saturated carbocycles. The van der Waals surface area contributed by atoms with Crippen molar-refractivity contribution in [3.63, 3.8) is 0 Å². The summed E-state index contributed by atoms with van der Waals surface area (Å²) in [5, 5.41) is 4.30. The van der Waals surface area contributed by atoms with E-state index in [0.717, 1.165) is 11.4 Å². The molecule has 1 aromatic heterocycles. The highest BCUT2D eigenvalue weighted by Gasteiger charge is 2.21. The molecule has 112 valence electrons. The summed E-state index contributed by atoms with van der Waals surface area (Å²) in [5.41, 5.74) is 2.77. The number of ketones is 1. The van der Waals surface area contributed by atoms with Crippen LogP contribution in [0, 0.1) is 13.8 Å². The Morgan fingerprint density at radius 3 is 2.57 bits per heavy atom. The van der Waals surface area contributed by atoms with Crippen molar-refractivity contribution >= 4 is 5.78 Å². The Morgan fingerprint density at radius 1 is 1.24 bits per heavy atom. The standard InChI is InChI=1S/C16H20N2O3/c1-11-15(12(2)18(3)17-11)16(19)13-7-5-6-8-14(13)21-10-9-20-4/h5-8H,9-10H2,1-4H3. The molecule has 5 nitrogen and oxygen atoms in total. The molecule has 0 N–H and O–H groups in total. The summed E-state index contributed by atoms with van der Waals surface area (Å²) in [5.74, 6) is 0.508. The van der Waals surface area contributed by atoms with Crippen molar-refractivity contribution in [3.05, 3.63) is 46.8 Å². The second-order valence-corrected chi connectivity index (χ2v) is 4.84. The Hall–Kier alpha value is -2.14. The first-order chi connectivity index (χ1) is 10.1. The normalized spacial score (nSPS) is 10.7. The summed E-state index contributed by atoms with van der Waals surface area (Å²) in [6.07, 6.45) is 0. The molecule has 2 rings (SSSR count). The lowest BCUT2D eigenvalue weighted by Crippen LogP contribution is -2.10. The predicted octanol–water partition coefficient (Wildman–Crippen LogP) is 2.29. The molecule has 0 atom stereocenters. The molecular formula is C16H20N2O3. The molecule has 0 radical (unpaired) electrons. The highest BCUT2D eigenvalue weighted by atomic mass is 16.5. The highest BCUT2D eigenvalue weighted by molar-refractivity contribution is 6.12. The number of carbonyl (C=O) groups excluding carboxylic acids is 1. The number of methoxy groups -OCH3 is 1. The molecular weight excluding hydrogens is 268 g/mol. The van der Waals surface area contributed by atoms with E-state index in [1.54, 1.807) is 23.9 Å². The van der Waals surface area contributed by atoms with E-state index in [-0.39, 0.29) is 5.78 Å². The highest BCUT2D eigenvalue weighted by Crippen LogP contribution is 2.24. The summed E-state index contributed by atoms with van der Waals surface area (Å²) in [6.45, 7) is 4.62. The largest absolute Gasteiger partial charge is 0.490 e. The summed E-state index contributed by atoms with van der Waals surface area (Å²) < 4.78 is 12.3. The van der Waals surface area contributed by atoms with E-state index in [1.165, 1.54) is 0 Å². The number of para-hydroxylation sites is 1. The van der Waals surface area contributed by atoms with Crippen LogP contribution in [0.2, 0.25) is 0 Å². The van der Waals surface area contributed by atoms with Crippen LogP contribution in [-0.2, 0) is 11.8 Å². The van der Waals surface area contributed by atoms with Gasteiger partial charge in [0, 0.05) is 19.9 Å². The molecule has 21 heavy (non-hydrogen) atoms. The van der Waals surface area contributed by atoms with Crippen molar-refractivity contribution in [2.24, 2.45) is 7.05 Å². The van der Waals surface area contributed by atoms with Gasteiger partial charge in [0.2, 0.25) is 0 Å². The van der Waals surface area contributed by atoms with Crippen LogP contribution >= 0.6 is 0 Å². The molecule has 2 aromatic rings. The molecule has 0 saturated heterocycles. The number of aryl methyl sites for hydroxylation is 2. The molecule has 1 aromatic carbocycles. The average Bonchev–Trinajstić information content (AvgIpc) is 2.72. The van der Waals surface area contributed by atoms with Crippen molar-refractivity contribution in [1.82, 2.24) is 9.78 Å². The minimum atomic E-state index is -0.0638. The van der Waals surface area contributed by atoms with Crippen molar-refractivity contribution in [1.29, 1.82) is 0 Å². The average molecular weight is 288 g/mol. The van der Waals surface area contributed by atoms with E-state index >= 15 is 0 Å². The fourth-order valence-corrected chi connectivity index (χ4v) is 2.25. The smallest absolute Gasteiger partial charge is 0.200 e. The monoisotopic (exact) mass is 288 g/mol. The first-order valence-electron chi connectivity index (χ1n) is 6.82. The minimum Gasteiger partial charge on any atom is -0.490 e. The number of rotatable bonds is 6. The number of ether oxygens (including phenoxy) is 2. The van der Waals surface area contributed by atoms with Gasteiger partial charge < -0.3 is 9.47 Å². The van der Waals surface area contributed by atoms with E-state index in [1.807, 2.05) is 33.0 Å². The van der Waals surface area contributed by atoms with Gasteiger partial charge in [0.25, 0.3) is 0 Å². The van der Waals surface area contributed by atoms with Crippen LogP contribution in [0.15, 0.2) is 24.3 Å². The van der Waals surface area contributed by atoms with E-state index in [9.17, 15) is 4.79 Å². The Morgan fingerprint density at radius 2 is 1.95 bits per heavy atom. The number of hydrogen-bond acceptors (Lipinski definition) is 4. The Balaban J connectivity index is 2.35. The number of aromatic nitrogens is 2. The lowest BCUT2D eigenvalue weighted by molar-refractivity contribution is 0.102. The maximum Gasteiger partial charge on any atom is 0.200 e. The van der Waals surface area contributed by atoms with Crippen LogP contribution < -0.4 is 4.74 Å². The van der Waals surface area contributed by atoms with Gasteiger partial charge in [0.1, 0.15) is 12.4 Å². The van der Waals surface area contributed by atoms with Crippen LogP contribution in [-0.4, -0.2) is 35.9 Å². The molecule has 0 aliphatic rings. The summed E-state index contributed by atoms with van der Waals surface area (Å²) in [4.78, 5) is 12.8. The SMILES string of the molecule is COCCOc1ccccc1C(=O)c1c(C)nn(C)c1C. The Bertz CT molecular complexity index is 647. The van der Waals surface area contributed by atoms with Crippen LogP contribution in [0.3, 0.4) is 0 Å². The van der Waals surface area contributed by atoms with Gasteiger partial charge in [-0.05, 0) is 26.0 Å². The van der Waals surface area contributed by atoms with Gasteiger partial charge in [0.15, 0.2) is 5.78 Å². The van der Waals surface area contributed by atoms with Crippen LogP contribution in [0.25, 0.3) is 0 Å². The molecule has 1 heterocycles. The third kappa shape index (κ3) is 3.13. The molecule has 0 aliphatic heterocycles. The minimum absolute atomic E-state index is 0.0638. The lowest BCUT2D eigenvalue weighted by atomic mass is 10.0. The predicted molar refractivity (Wildman–Crippen MR) is 79.9 cm³/mol. The van der Waals surface area contributed by atoms with Gasteiger partial charge in [-0.1, -0.05) is 12.1 Å². The zero-order valence-corrected chi connectivity index (χ0v) is 12.8. The zero-order valence-electron chi connectivity index (χ0n) is 12.8. The van der Waals surface area contributed by atoms with Gasteiger partial charge in [-0.25, -0.2) is 0 Å². The first-order valence-corrected chi connectivity index (χ1v) is 6.82. The quantitative estimate of drug-likeness (QED) is 0.604. The van der Waals surface area contributed by atoms with E-state index in [2.05, 4.69) is 5.10 Å². The number of benzene rings is 1. The maximum atomic E-state index is 12.8. The van der Waals surface area contributed by atoms with Gasteiger partial charge >= 0.3 is 0 Å². The summed E-state index contributed by atoms with van der Waals surface area (Å²) >= 11 is 0. The summed E-state index contributed by atoms with van der Waals surface area (Å²) in [6, 6.07) is 7.25. The van der Waals surface area contributed by atoms with Crippen LogP contribution in [0.1, 0.15) is 27.3 Å². The molecule has 5 heteroatoms. The fraction of sp³-hybridized carbons (Fsp3) is 0.375. The van der Waals surface area contributed by atoms with E-state index in [0.29, 0.717) is 30.1 Å². The second kappa shape index (κ2) is 6.54. The third-order valence-corrected chi connectivity index (χ3v) is 3.41. The van der Waals surface area contributed by atoms with E-state index in [4.69, 9.17) is 9.47 Å². The van der Waals surface area contributed by atoms with Crippen LogP contribution in [0.4, 0.5) is 0 Å². The fourth-order valence-electron chi connectivity index (χ4n) is 2.25. The number of hydrogen-bond donors (Lipinski definition) is 0. The molecule has 0 spiro atoms. The van der Waals surface area contributed by atoms with Gasteiger partial charge in [-0.3, -0.25) is 9.48 Å².